The van der Waals surface area contributed by atoms with Crippen LogP contribution in [0.25, 0.3) is 0 Å². The number of nitrogens with zero attached hydrogens (tertiary/aromatic N) is 2. The van der Waals surface area contributed by atoms with Crippen LogP contribution in [0.5, 0.6) is 0 Å². The molecule has 1 aliphatic rings. The number of carboxylic acid groups (broad SMARTS) is 1. The van der Waals surface area contributed by atoms with Crippen molar-refractivity contribution in [1.82, 2.24) is 9.80 Å². The molecule has 0 saturated carbocycles. The van der Waals surface area contributed by atoms with Crippen molar-refractivity contribution in [1.29, 1.82) is 0 Å². The van der Waals surface area contributed by atoms with Crippen LogP contribution in [0.15, 0.2) is 0 Å². The summed E-state index contributed by atoms with van der Waals surface area (Å²) >= 11 is 0. The molecular weight excluding hydrogens is 220 g/mol. The van der Waals surface area contributed by atoms with Crippen molar-refractivity contribution < 1.29 is 14.7 Å². The van der Waals surface area contributed by atoms with E-state index in [0.29, 0.717) is 6.54 Å². The van der Waals surface area contributed by atoms with Gasteiger partial charge in [-0.3, -0.25) is 14.5 Å². The molecule has 1 rings (SSSR count). The first-order valence-corrected chi connectivity index (χ1v) is 6.28. The van der Waals surface area contributed by atoms with Gasteiger partial charge in [0.15, 0.2) is 0 Å². The van der Waals surface area contributed by atoms with E-state index >= 15 is 0 Å². The molecule has 0 aromatic heterocycles. The highest BCUT2D eigenvalue weighted by atomic mass is 16.4. The Morgan fingerprint density at radius 3 is 2.53 bits per heavy atom. The summed E-state index contributed by atoms with van der Waals surface area (Å²) in [5.41, 5.74) is 0. The number of aliphatic carboxylic acids is 1. The summed E-state index contributed by atoms with van der Waals surface area (Å²) in [6.45, 7) is 7.42. The first-order valence-electron chi connectivity index (χ1n) is 6.28. The fourth-order valence-corrected chi connectivity index (χ4v) is 2.34. The smallest absolute Gasteiger partial charge is 0.303 e. The first kappa shape index (κ1) is 14.0. The summed E-state index contributed by atoms with van der Waals surface area (Å²) in [7, 11) is 0. The quantitative estimate of drug-likeness (QED) is 0.743. The second-order valence-electron chi connectivity index (χ2n) is 4.55. The van der Waals surface area contributed by atoms with Crippen molar-refractivity contribution in [2.24, 2.45) is 5.92 Å². The normalized spacial score (nSPS) is 20.5. The fourth-order valence-electron chi connectivity index (χ4n) is 2.34. The zero-order chi connectivity index (χ0) is 12.8. The number of rotatable bonds is 6. The van der Waals surface area contributed by atoms with Crippen LogP contribution in [0, 0.1) is 5.92 Å². The minimum atomic E-state index is -0.744. The SMILES string of the molecule is CCN(CC)C(=O)CN1CCC(CC(=O)O)C1. The summed E-state index contributed by atoms with van der Waals surface area (Å²) in [4.78, 5) is 26.3. The van der Waals surface area contributed by atoms with Crippen LogP contribution in [-0.2, 0) is 9.59 Å². The van der Waals surface area contributed by atoms with E-state index in [4.69, 9.17) is 5.11 Å². The van der Waals surface area contributed by atoms with Gasteiger partial charge in [0.1, 0.15) is 0 Å². The fraction of sp³-hybridized carbons (Fsp3) is 0.833. The summed E-state index contributed by atoms with van der Waals surface area (Å²) in [6, 6.07) is 0. The van der Waals surface area contributed by atoms with Gasteiger partial charge < -0.3 is 10.0 Å². The van der Waals surface area contributed by atoms with E-state index in [1.807, 2.05) is 18.7 Å². The topological polar surface area (TPSA) is 60.9 Å². The number of hydrogen-bond acceptors (Lipinski definition) is 3. The lowest BCUT2D eigenvalue weighted by molar-refractivity contribution is -0.138. The Hall–Kier alpha value is -1.10. The molecule has 0 aromatic carbocycles. The summed E-state index contributed by atoms with van der Waals surface area (Å²) in [5.74, 6) is -0.394. The van der Waals surface area contributed by atoms with E-state index in [1.165, 1.54) is 0 Å². The predicted molar refractivity (Wildman–Crippen MR) is 64.7 cm³/mol. The Morgan fingerprint density at radius 2 is 2.00 bits per heavy atom. The van der Waals surface area contributed by atoms with Crippen LogP contribution in [0.1, 0.15) is 26.7 Å². The van der Waals surface area contributed by atoms with Crippen molar-refractivity contribution in [3.8, 4) is 0 Å². The molecule has 1 unspecified atom stereocenters. The zero-order valence-electron chi connectivity index (χ0n) is 10.7. The number of amides is 1. The van der Waals surface area contributed by atoms with Crippen molar-refractivity contribution in [2.75, 3.05) is 32.7 Å². The number of carbonyl (C=O) groups is 2. The largest absolute Gasteiger partial charge is 0.481 e. The van der Waals surface area contributed by atoms with Gasteiger partial charge in [0.05, 0.1) is 6.54 Å². The van der Waals surface area contributed by atoms with Gasteiger partial charge in [-0.2, -0.15) is 0 Å². The molecule has 98 valence electrons. The summed E-state index contributed by atoms with van der Waals surface area (Å²) in [5, 5.41) is 8.71. The molecule has 5 heteroatoms. The third-order valence-electron chi connectivity index (χ3n) is 3.31. The van der Waals surface area contributed by atoms with Crippen LogP contribution in [0.4, 0.5) is 0 Å². The molecule has 1 N–H and O–H groups in total. The van der Waals surface area contributed by atoms with E-state index in [2.05, 4.69) is 4.90 Å². The summed E-state index contributed by atoms with van der Waals surface area (Å²) < 4.78 is 0. The number of carboxylic acids is 1. The molecule has 0 bridgehead atoms. The molecule has 0 aliphatic carbocycles. The minimum absolute atomic E-state index is 0.144. The van der Waals surface area contributed by atoms with E-state index in [0.717, 1.165) is 32.6 Å². The minimum Gasteiger partial charge on any atom is -0.481 e. The zero-order valence-corrected chi connectivity index (χ0v) is 10.7. The molecule has 0 aromatic rings. The highest BCUT2D eigenvalue weighted by Crippen LogP contribution is 2.19. The number of likely N-dealkylation sites (N-methyl/N-ethyl adjacent to an activating group) is 1. The van der Waals surface area contributed by atoms with Crippen molar-refractivity contribution in [2.45, 2.75) is 26.7 Å². The molecular formula is C12H22N2O3. The van der Waals surface area contributed by atoms with Crippen molar-refractivity contribution in [3.63, 3.8) is 0 Å². The second-order valence-corrected chi connectivity index (χ2v) is 4.55. The molecule has 0 spiro atoms. The molecule has 17 heavy (non-hydrogen) atoms. The maximum atomic E-state index is 11.9. The van der Waals surface area contributed by atoms with E-state index in [1.54, 1.807) is 0 Å². The molecule has 1 fully saturated rings. The van der Waals surface area contributed by atoms with Gasteiger partial charge in [-0.25, -0.2) is 0 Å². The third-order valence-corrected chi connectivity index (χ3v) is 3.31. The van der Waals surface area contributed by atoms with Crippen LogP contribution in [0.3, 0.4) is 0 Å². The highest BCUT2D eigenvalue weighted by Gasteiger charge is 2.26. The lowest BCUT2D eigenvalue weighted by Crippen LogP contribution is -2.39. The Bertz CT molecular complexity index is 277. The van der Waals surface area contributed by atoms with E-state index in [-0.39, 0.29) is 18.2 Å². The molecule has 1 aliphatic heterocycles. The monoisotopic (exact) mass is 242 g/mol. The molecule has 1 amide bonds. The van der Waals surface area contributed by atoms with Gasteiger partial charge in [-0.1, -0.05) is 0 Å². The maximum Gasteiger partial charge on any atom is 0.303 e. The standard InChI is InChI=1S/C12H22N2O3/c1-3-14(4-2)11(15)9-13-6-5-10(8-13)7-12(16)17/h10H,3-9H2,1-2H3,(H,16,17). The number of carbonyl (C=O) groups excluding carboxylic acids is 1. The molecule has 5 nitrogen and oxygen atoms in total. The summed E-state index contributed by atoms with van der Waals surface area (Å²) in [6.07, 6.45) is 1.10. The van der Waals surface area contributed by atoms with Gasteiger partial charge >= 0.3 is 5.97 Å². The highest BCUT2D eigenvalue weighted by molar-refractivity contribution is 5.78. The van der Waals surface area contributed by atoms with Crippen LogP contribution in [-0.4, -0.2) is 59.5 Å². The van der Waals surface area contributed by atoms with E-state index in [9.17, 15) is 9.59 Å². The molecule has 1 saturated heterocycles. The Balaban J connectivity index is 2.34. The molecule has 1 heterocycles. The van der Waals surface area contributed by atoms with Gasteiger partial charge in [0, 0.05) is 26.1 Å². The molecule has 0 radical (unpaired) electrons. The van der Waals surface area contributed by atoms with Crippen LogP contribution < -0.4 is 0 Å². The maximum absolute atomic E-state index is 11.9. The van der Waals surface area contributed by atoms with Crippen LogP contribution in [0.2, 0.25) is 0 Å². The second kappa shape index (κ2) is 6.59. The Kier molecular flexibility index (Phi) is 5.41. The van der Waals surface area contributed by atoms with Crippen LogP contribution >= 0.6 is 0 Å². The number of hydrogen-bond donors (Lipinski definition) is 1. The Labute approximate surface area is 102 Å². The van der Waals surface area contributed by atoms with E-state index < -0.39 is 5.97 Å². The van der Waals surface area contributed by atoms with Gasteiger partial charge in [-0.05, 0) is 32.7 Å². The Morgan fingerprint density at radius 1 is 1.35 bits per heavy atom. The third kappa shape index (κ3) is 4.34. The van der Waals surface area contributed by atoms with Gasteiger partial charge in [0.2, 0.25) is 5.91 Å². The molecule has 1 atom stereocenters. The predicted octanol–water partition coefficient (Wildman–Crippen LogP) is 0.651. The average molecular weight is 242 g/mol. The number of likely N-dealkylation sites (tertiary alicyclic amines) is 1. The van der Waals surface area contributed by atoms with Gasteiger partial charge in [0.25, 0.3) is 0 Å². The van der Waals surface area contributed by atoms with Crippen molar-refractivity contribution in [3.05, 3.63) is 0 Å². The first-order chi connectivity index (χ1) is 8.06. The lowest BCUT2D eigenvalue weighted by atomic mass is 10.1. The average Bonchev–Trinajstić information content (AvgIpc) is 2.66. The van der Waals surface area contributed by atoms with Gasteiger partial charge in [-0.15, -0.1) is 0 Å². The lowest BCUT2D eigenvalue weighted by Gasteiger charge is -2.22. The van der Waals surface area contributed by atoms with Crippen molar-refractivity contribution >= 4 is 11.9 Å².